The summed E-state index contributed by atoms with van der Waals surface area (Å²) in [5, 5.41) is 2.67. The molecule has 0 radical (unpaired) electrons. The number of hydrogen-bond donors (Lipinski definition) is 1. The van der Waals surface area contributed by atoms with Gasteiger partial charge in [-0.15, -0.1) is 11.3 Å². The van der Waals surface area contributed by atoms with E-state index < -0.39 is 0 Å². The summed E-state index contributed by atoms with van der Waals surface area (Å²) in [7, 11) is 1.37. The van der Waals surface area contributed by atoms with Crippen molar-refractivity contribution in [2.45, 2.75) is 0 Å². The van der Waals surface area contributed by atoms with Crippen molar-refractivity contribution in [3.8, 4) is 0 Å². The van der Waals surface area contributed by atoms with Crippen LogP contribution >= 0.6 is 34.2 Å². The van der Waals surface area contributed by atoms with Crippen molar-refractivity contribution in [3.05, 3.63) is 17.0 Å². The molecule has 0 aliphatic carbocycles. The van der Waals surface area contributed by atoms with Gasteiger partial charge in [0.1, 0.15) is 5.00 Å². The minimum absolute atomic E-state index is 0.301. The number of carbonyl (C=O) groups is 1. The Morgan fingerprint density at radius 1 is 1.82 bits per heavy atom. The molecule has 3 nitrogen and oxygen atoms in total. The largest absolute Gasteiger partial charge is 0.465 e. The molecule has 1 aromatic rings. The highest BCUT2D eigenvalue weighted by Gasteiger charge is 2.11. The highest BCUT2D eigenvalue weighted by molar-refractivity contribution is 14.1. The second-order valence-electron chi connectivity index (χ2n) is 1.75. The molecule has 0 fully saturated rings. The molecule has 0 saturated heterocycles. The predicted molar refractivity (Wildman–Crippen MR) is 53.3 cm³/mol. The first-order chi connectivity index (χ1) is 5.29. The monoisotopic (exact) mass is 283 g/mol. The van der Waals surface area contributed by atoms with Crippen LogP contribution < -0.4 is 3.53 Å². The van der Waals surface area contributed by atoms with E-state index in [1.807, 2.05) is 28.2 Å². The maximum atomic E-state index is 11.0. The normalized spacial score (nSPS) is 9.27. The third-order valence-electron chi connectivity index (χ3n) is 1.16. The lowest BCUT2D eigenvalue weighted by atomic mass is 10.3. The molecule has 0 spiro atoms. The number of rotatable bonds is 2. The van der Waals surface area contributed by atoms with E-state index in [1.165, 1.54) is 18.4 Å². The van der Waals surface area contributed by atoms with Crippen molar-refractivity contribution in [1.29, 1.82) is 0 Å². The quantitative estimate of drug-likeness (QED) is 0.514. The van der Waals surface area contributed by atoms with Crippen molar-refractivity contribution >= 4 is 45.2 Å². The fourth-order valence-electron chi connectivity index (χ4n) is 0.653. The zero-order valence-electron chi connectivity index (χ0n) is 5.76. The van der Waals surface area contributed by atoms with E-state index in [2.05, 4.69) is 8.27 Å². The Morgan fingerprint density at radius 3 is 3.09 bits per heavy atom. The van der Waals surface area contributed by atoms with Crippen LogP contribution in [-0.4, -0.2) is 13.1 Å². The van der Waals surface area contributed by atoms with Crippen LogP contribution in [-0.2, 0) is 4.74 Å². The van der Waals surface area contributed by atoms with Gasteiger partial charge in [0.25, 0.3) is 0 Å². The number of thiophene rings is 1. The smallest absolute Gasteiger partial charge is 0.340 e. The second kappa shape index (κ2) is 3.91. The summed E-state index contributed by atoms with van der Waals surface area (Å²) in [6.07, 6.45) is 0. The summed E-state index contributed by atoms with van der Waals surface area (Å²) in [5.41, 5.74) is 0.590. The molecule has 1 aromatic heterocycles. The fraction of sp³-hybridized carbons (Fsp3) is 0.167. The molecule has 0 amide bonds. The first kappa shape index (κ1) is 8.79. The number of anilines is 1. The topological polar surface area (TPSA) is 38.3 Å². The number of methoxy groups -OCH3 is 1. The summed E-state index contributed by atoms with van der Waals surface area (Å²) in [4.78, 5) is 11.0. The van der Waals surface area contributed by atoms with Gasteiger partial charge in [-0.25, -0.2) is 4.79 Å². The molecule has 0 atom stereocenters. The first-order valence-corrected chi connectivity index (χ1v) is 4.78. The van der Waals surface area contributed by atoms with Crippen LogP contribution in [0.2, 0.25) is 0 Å². The Kier molecular flexibility index (Phi) is 3.13. The molecule has 1 N–H and O–H groups in total. The number of halogens is 1. The summed E-state index contributed by atoms with van der Waals surface area (Å²) in [6, 6.07) is 1.73. The zero-order valence-corrected chi connectivity index (χ0v) is 8.73. The number of nitrogens with one attached hydrogen (secondary N) is 1. The Morgan fingerprint density at radius 2 is 2.55 bits per heavy atom. The van der Waals surface area contributed by atoms with E-state index in [1.54, 1.807) is 6.07 Å². The van der Waals surface area contributed by atoms with E-state index in [0.717, 1.165) is 5.00 Å². The van der Waals surface area contributed by atoms with E-state index >= 15 is 0 Å². The Labute approximate surface area is 82.2 Å². The van der Waals surface area contributed by atoms with Crippen LogP contribution in [0.4, 0.5) is 5.00 Å². The Bertz CT molecular complexity index is 261. The van der Waals surface area contributed by atoms with Crippen molar-refractivity contribution in [1.82, 2.24) is 0 Å². The average molecular weight is 283 g/mol. The maximum absolute atomic E-state index is 11.0. The van der Waals surface area contributed by atoms with Gasteiger partial charge in [-0.2, -0.15) is 0 Å². The van der Waals surface area contributed by atoms with Gasteiger partial charge >= 0.3 is 5.97 Å². The van der Waals surface area contributed by atoms with Crippen molar-refractivity contribution in [2.24, 2.45) is 0 Å². The molecule has 0 unspecified atom stereocenters. The summed E-state index contributed by atoms with van der Waals surface area (Å²) in [6.45, 7) is 0. The molecule has 1 heterocycles. The molecule has 0 aliphatic heterocycles. The van der Waals surface area contributed by atoms with Gasteiger partial charge in [-0.3, -0.25) is 0 Å². The van der Waals surface area contributed by atoms with Gasteiger partial charge in [0, 0.05) is 0 Å². The van der Waals surface area contributed by atoms with Crippen LogP contribution in [0, 0.1) is 0 Å². The van der Waals surface area contributed by atoms with Gasteiger partial charge in [-0.1, -0.05) is 0 Å². The van der Waals surface area contributed by atoms with Crippen molar-refractivity contribution in [2.75, 3.05) is 10.6 Å². The second-order valence-corrected chi connectivity index (χ2v) is 3.20. The number of hydrogen-bond acceptors (Lipinski definition) is 4. The highest BCUT2D eigenvalue weighted by atomic mass is 127. The van der Waals surface area contributed by atoms with Crippen LogP contribution in [0.3, 0.4) is 0 Å². The molecule has 5 heteroatoms. The predicted octanol–water partition coefficient (Wildman–Crippen LogP) is 2.30. The molecular formula is C6H6INO2S. The number of esters is 1. The Hall–Kier alpha value is -0.300. The lowest BCUT2D eigenvalue weighted by molar-refractivity contribution is 0.0602. The summed E-state index contributed by atoms with van der Waals surface area (Å²) < 4.78 is 7.44. The zero-order chi connectivity index (χ0) is 8.27. The van der Waals surface area contributed by atoms with E-state index in [-0.39, 0.29) is 5.97 Å². The van der Waals surface area contributed by atoms with Crippen LogP contribution in [0.15, 0.2) is 11.4 Å². The third kappa shape index (κ3) is 1.84. The SMILES string of the molecule is COC(=O)c1ccsc1NI. The minimum Gasteiger partial charge on any atom is -0.465 e. The van der Waals surface area contributed by atoms with Gasteiger partial charge in [0.2, 0.25) is 0 Å². The van der Waals surface area contributed by atoms with E-state index in [4.69, 9.17) is 0 Å². The molecule has 0 aliphatic rings. The standard InChI is InChI=1S/C6H6INO2S/c1-10-6(9)4-2-3-11-5(4)8-7/h2-3,8H,1H3. The van der Waals surface area contributed by atoms with Gasteiger partial charge in [0.15, 0.2) is 0 Å². The number of ether oxygens (including phenoxy) is 1. The fourth-order valence-corrected chi connectivity index (χ4v) is 1.99. The molecule has 1 rings (SSSR count). The molecular weight excluding hydrogens is 277 g/mol. The molecule has 0 bridgehead atoms. The van der Waals surface area contributed by atoms with Crippen molar-refractivity contribution < 1.29 is 9.53 Å². The minimum atomic E-state index is -0.301. The highest BCUT2D eigenvalue weighted by Crippen LogP contribution is 2.24. The Balaban J connectivity index is 2.92. The van der Waals surface area contributed by atoms with Crippen molar-refractivity contribution in [3.63, 3.8) is 0 Å². The molecule has 0 aromatic carbocycles. The van der Waals surface area contributed by atoms with Gasteiger partial charge < -0.3 is 8.27 Å². The lowest BCUT2D eigenvalue weighted by Gasteiger charge is -1.97. The average Bonchev–Trinajstić information content (AvgIpc) is 2.50. The van der Waals surface area contributed by atoms with Crippen LogP contribution in [0.25, 0.3) is 0 Å². The molecule has 11 heavy (non-hydrogen) atoms. The summed E-state index contributed by atoms with van der Waals surface area (Å²) >= 11 is 3.45. The lowest BCUT2D eigenvalue weighted by Crippen LogP contribution is -2.00. The summed E-state index contributed by atoms with van der Waals surface area (Å²) in [5.74, 6) is -0.301. The first-order valence-electron chi connectivity index (χ1n) is 2.82. The van der Waals surface area contributed by atoms with Gasteiger partial charge in [-0.05, 0) is 11.4 Å². The molecule has 60 valence electrons. The van der Waals surface area contributed by atoms with E-state index in [0.29, 0.717) is 5.56 Å². The van der Waals surface area contributed by atoms with Gasteiger partial charge in [0.05, 0.1) is 35.5 Å². The van der Waals surface area contributed by atoms with Crippen LogP contribution in [0.5, 0.6) is 0 Å². The maximum Gasteiger partial charge on any atom is 0.340 e. The van der Waals surface area contributed by atoms with Crippen LogP contribution in [0.1, 0.15) is 10.4 Å². The number of carbonyl (C=O) groups excluding carboxylic acids is 1. The third-order valence-corrected chi connectivity index (χ3v) is 2.89. The molecule has 0 saturated carbocycles. The van der Waals surface area contributed by atoms with E-state index in [9.17, 15) is 4.79 Å².